The van der Waals surface area contributed by atoms with Gasteiger partial charge < -0.3 is 35.1 Å². The van der Waals surface area contributed by atoms with Crippen LogP contribution < -0.4 is 21.5 Å². The van der Waals surface area contributed by atoms with E-state index >= 15 is 0 Å². The Morgan fingerprint density at radius 3 is 2.68 bits per heavy atom. The lowest BCUT2D eigenvalue weighted by Gasteiger charge is -2.22. The molecule has 1 aliphatic heterocycles. The number of aryl methyl sites for hydroxylation is 1. The molecular formula is C27H28ClFN8O4. The van der Waals surface area contributed by atoms with Crippen LogP contribution >= 0.6 is 11.6 Å². The molecule has 0 spiro atoms. The number of pyridine rings is 1. The van der Waals surface area contributed by atoms with E-state index < -0.39 is 34.5 Å². The quantitative estimate of drug-likeness (QED) is 0.313. The molecular weight excluding hydrogens is 555 g/mol. The first-order valence-corrected chi connectivity index (χ1v) is 13.2. The third-order valence-electron chi connectivity index (χ3n) is 7.05. The smallest absolute Gasteiger partial charge is 0.263 e. The molecule has 4 aromatic rings. The zero-order chi connectivity index (χ0) is 29.4. The number of carbonyl (C=O) groups is 2. The maximum atomic E-state index is 14.5. The van der Waals surface area contributed by atoms with Gasteiger partial charge in [0.25, 0.3) is 11.5 Å². The van der Waals surface area contributed by atoms with Crippen molar-refractivity contribution < 1.29 is 19.1 Å². The highest BCUT2D eigenvalue weighted by atomic mass is 35.5. The zero-order valence-corrected chi connectivity index (χ0v) is 23.2. The predicted molar refractivity (Wildman–Crippen MR) is 153 cm³/mol. The van der Waals surface area contributed by atoms with Gasteiger partial charge in [-0.1, -0.05) is 11.6 Å². The van der Waals surface area contributed by atoms with Gasteiger partial charge in [0.05, 0.1) is 34.2 Å². The Morgan fingerprint density at radius 2 is 1.93 bits per heavy atom. The average Bonchev–Trinajstić information content (AvgIpc) is 3.14. The summed E-state index contributed by atoms with van der Waals surface area (Å²) in [5.74, 6) is -2.79. The van der Waals surface area contributed by atoms with Crippen molar-refractivity contribution in [2.75, 3.05) is 43.4 Å². The van der Waals surface area contributed by atoms with Gasteiger partial charge in [-0.2, -0.15) is 0 Å². The minimum absolute atomic E-state index is 0.0960. The molecule has 0 bridgehead atoms. The number of anilines is 2. The molecule has 2 amide bonds. The Labute approximate surface area is 238 Å². The Kier molecular flexibility index (Phi) is 7.65. The molecule has 0 unspecified atom stereocenters. The number of amides is 2. The zero-order valence-electron chi connectivity index (χ0n) is 22.4. The average molecular weight is 583 g/mol. The summed E-state index contributed by atoms with van der Waals surface area (Å²) in [6.07, 6.45) is 5.23. The Morgan fingerprint density at radius 1 is 1.15 bits per heavy atom. The van der Waals surface area contributed by atoms with Crippen LogP contribution in [0.4, 0.5) is 15.9 Å². The molecule has 1 fully saturated rings. The van der Waals surface area contributed by atoms with Gasteiger partial charge in [-0.15, -0.1) is 0 Å². The number of hydrogen-bond donors (Lipinski definition) is 3. The van der Waals surface area contributed by atoms with Crippen LogP contribution in [-0.4, -0.2) is 74.1 Å². The molecule has 41 heavy (non-hydrogen) atoms. The molecule has 0 saturated carbocycles. The number of carbonyl (C=O) groups excluding carboxylic acids is 2. The van der Waals surface area contributed by atoms with Crippen molar-refractivity contribution in [2.24, 2.45) is 12.8 Å². The van der Waals surface area contributed by atoms with Gasteiger partial charge >= 0.3 is 0 Å². The first kappa shape index (κ1) is 28.1. The molecule has 0 radical (unpaired) electrons. The summed E-state index contributed by atoms with van der Waals surface area (Å²) >= 11 is 6.36. The third-order valence-corrected chi connectivity index (χ3v) is 7.35. The predicted octanol–water partition coefficient (Wildman–Crippen LogP) is 2.17. The molecule has 4 N–H and O–H groups in total. The second kappa shape index (κ2) is 11.2. The minimum Gasteiger partial charge on any atom is -0.504 e. The number of nitrogens with zero attached hydrogens (tertiary/aromatic N) is 6. The van der Waals surface area contributed by atoms with Crippen molar-refractivity contribution in [2.45, 2.75) is 13.0 Å². The summed E-state index contributed by atoms with van der Waals surface area (Å²) < 4.78 is 17.2. The van der Waals surface area contributed by atoms with E-state index in [4.69, 9.17) is 17.3 Å². The number of aromatic nitrogens is 4. The number of phenols is 1. The van der Waals surface area contributed by atoms with Crippen LogP contribution in [0.1, 0.15) is 16.8 Å². The fraction of sp³-hybridized carbons (Fsp3) is 0.296. The first-order chi connectivity index (χ1) is 19.5. The molecule has 5 rings (SSSR count). The third kappa shape index (κ3) is 5.58. The van der Waals surface area contributed by atoms with E-state index in [1.807, 2.05) is 0 Å². The van der Waals surface area contributed by atoms with Crippen molar-refractivity contribution in [1.29, 1.82) is 0 Å². The van der Waals surface area contributed by atoms with Gasteiger partial charge in [0.2, 0.25) is 5.91 Å². The van der Waals surface area contributed by atoms with Crippen molar-refractivity contribution in [3.63, 3.8) is 0 Å². The molecule has 0 atom stereocenters. The number of nitrogens with two attached hydrogens (primary N) is 1. The van der Waals surface area contributed by atoms with E-state index in [2.05, 4.69) is 32.1 Å². The molecule has 14 heteroatoms. The van der Waals surface area contributed by atoms with Gasteiger partial charge in [-0.05, 0) is 37.7 Å². The van der Waals surface area contributed by atoms with Crippen LogP contribution in [-0.2, 0) is 18.4 Å². The first-order valence-electron chi connectivity index (χ1n) is 12.8. The number of rotatable bonds is 6. The van der Waals surface area contributed by atoms with Crippen LogP contribution in [0.25, 0.3) is 22.2 Å². The fourth-order valence-corrected chi connectivity index (χ4v) is 5.01. The van der Waals surface area contributed by atoms with Crippen LogP contribution in [0, 0.1) is 5.82 Å². The number of likely N-dealkylation sites (N-methyl/N-ethyl adjacent to an activating group) is 1. The highest BCUT2D eigenvalue weighted by Crippen LogP contribution is 2.33. The van der Waals surface area contributed by atoms with Gasteiger partial charge in [-0.25, -0.2) is 14.4 Å². The normalized spacial score (nSPS) is 14.3. The second-order valence-electron chi connectivity index (χ2n) is 9.96. The van der Waals surface area contributed by atoms with Crippen molar-refractivity contribution in [3.8, 4) is 16.9 Å². The molecule has 4 heterocycles. The van der Waals surface area contributed by atoms with Crippen molar-refractivity contribution >= 4 is 46.0 Å². The largest absolute Gasteiger partial charge is 0.504 e. The fourth-order valence-electron chi connectivity index (χ4n) is 4.86. The monoisotopic (exact) mass is 582 g/mol. The van der Waals surface area contributed by atoms with Crippen molar-refractivity contribution in [1.82, 2.24) is 24.0 Å². The molecule has 12 nitrogen and oxygen atoms in total. The standard InChI is InChI=1S/C27H28ClFN8O4/c1-34-4-3-5-36(7-6-34)21-10-20(18(28)11-31-21)33-22(38)13-37-12-17(23-26(37)32-14-35(2)27(23)41)15-8-16(25(30)40)24(39)19(29)9-15/h8-12,14,39H,3-7,13H2,1-2H3,(H2,30,40)(H,31,33,38). The second-order valence-corrected chi connectivity index (χ2v) is 10.4. The Bertz CT molecular complexity index is 1740. The maximum absolute atomic E-state index is 14.5. The molecule has 1 saturated heterocycles. The number of aromatic hydroxyl groups is 1. The minimum atomic E-state index is -1.09. The number of primary amides is 1. The number of fused-ring (bicyclic) bond motifs is 1. The van der Waals surface area contributed by atoms with E-state index in [1.165, 1.54) is 41.0 Å². The van der Waals surface area contributed by atoms with Crippen LogP contribution in [0.2, 0.25) is 5.02 Å². The van der Waals surface area contributed by atoms with Gasteiger partial charge in [-0.3, -0.25) is 14.4 Å². The van der Waals surface area contributed by atoms with Crippen LogP contribution in [0.3, 0.4) is 0 Å². The van der Waals surface area contributed by atoms with Gasteiger partial charge in [0, 0.05) is 44.5 Å². The lowest BCUT2D eigenvalue weighted by molar-refractivity contribution is -0.116. The Hall–Kier alpha value is -4.49. The number of nitrogens with one attached hydrogen (secondary N) is 1. The summed E-state index contributed by atoms with van der Waals surface area (Å²) in [4.78, 5) is 51.2. The number of hydrogen-bond acceptors (Lipinski definition) is 8. The van der Waals surface area contributed by atoms with E-state index in [0.29, 0.717) is 11.5 Å². The molecule has 1 aromatic carbocycles. The Balaban J connectivity index is 1.48. The molecule has 0 aliphatic carbocycles. The maximum Gasteiger partial charge on any atom is 0.263 e. The lowest BCUT2D eigenvalue weighted by atomic mass is 10.0. The molecule has 214 valence electrons. The van der Waals surface area contributed by atoms with E-state index in [9.17, 15) is 23.9 Å². The van der Waals surface area contributed by atoms with Crippen LogP contribution in [0.15, 0.2) is 41.7 Å². The van der Waals surface area contributed by atoms with Gasteiger partial charge in [0.15, 0.2) is 11.6 Å². The lowest BCUT2D eigenvalue weighted by Crippen LogP contribution is -2.29. The summed E-state index contributed by atoms with van der Waals surface area (Å²) in [5.41, 5.74) is 5.26. The highest BCUT2D eigenvalue weighted by Gasteiger charge is 2.22. The summed E-state index contributed by atoms with van der Waals surface area (Å²) in [7, 11) is 3.57. The number of halogens is 2. The van der Waals surface area contributed by atoms with Gasteiger partial charge in [0.1, 0.15) is 18.0 Å². The number of benzene rings is 1. The van der Waals surface area contributed by atoms with E-state index in [1.54, 1.807) is 6.07 Å². The van der Waals surface area contributed by atoms with E-state index in [-0.39, 0.29) is 33.7 Å². The van der Waals surface area contributed by atoms with E-state index in [0.717, 1.165) is 38.7 Å². The molecule has 3 aromatic heterocycles. The SMILES string of the molecule is CN1CCCN(c2cc(NC(=O)Cn3cc(-c4cc(F)c(O)c(C(N)=O)c4)c4c(=O)n(C)cnc43)c(Cl)cn2)CC1. The summed E-state index contributed by atoms with van der Waals surface area (Å²) in [6.45, 7) is 3.21. The summed E-state index contributed by atoms with van der Waals surface area (Å²) in [5, 5.41) is 13.1. The van der Waals surface area contributed by atoms with Crippen LogP contribution in [0.5, 0.6) is 5.75 Å². The summed E-state index contributed by atoms with van der Waals surface area (Å²) in [6, 6.07) is 3.89. The molecule has 1 aliphatic rings. The highest BCUT2D eigenvalue weighted by molar-refractivity contribution is 6.33. The van der Waals surface area contributed by atoms with Crippen molar-refractivity contribution in [3.05, 3.63) is 63.7 Å². The topological polar surface area (TPSA) is 152 Å².